The molecule has 0 saturated heterocycles. The topological polar surface area (TPSA) is 26.3 Å². The van der Waals surface area contributed by atoms with E-state index in [1.165, 1.54) is 19.6 Å². The quantitative estimate of drug-likeness (QED) is 0.468. The smallest absolute Gasteiger partial charge is 0.330 e. The Labute approximate surface area is 74.6 Å². The second kappa shape index (κ2) is 6.89. The van der Waals surface area contributed by atoms with Gasteiger partial charge in [0.15, 0.2) is 0 Å². The van der Waals surface area contributed by atoms with E-state index >= 15 is 0 Å². The first kappa shape index (κ1) is 11.2. The van der Waals surface area contributed by atoms with E-state index in [9.17, 15) is 4.79 Å². The maximum absolute atomic E-state index is 10.6. The zero-order valence-electron chi connectivity index (χ0n) is 8.17. The van der Waals surface area contributed by atoms with Gasteiger partial charge in [-0.05, 0) is 18.8 Å². The number of allylic oxidation sites excluding steroid dienone is 1. The van der Waals surface area contributed by atoms with Crippen LogP contribution in [0.15, 0.2) is 12.2 Å². The number of rotatable bonds is 5. The summed E-state index contributed by atoms with van der Waals surface area (Å²) < 4.78 is 4.46. The van der Waals surface area contributed by atoms with Gasteiger partial charge in [0, 0.05) is 6.08 Å². The average molecular weight is 170 g/mol. The molecule has 0 amide bonds. The van der Waals surface area contributed by atoms with Crippen molar-refractivity contribution >= 4 is 5.97 Å². The molecule has 2 nitrogen and oxygen atoms in total. The monoisotopic (exact) mass is 170 g/mol. The maximum Gasteiger partial charge on any atom is 0.330 e. The van der Waals surface area contributed by atoms with E-state index in [-0.39, 0.29) is 5.97 Å². The Morgan fingerprint density at radius 1 is 1.58 bits per heavy atom. The fraction of sp³-hybridized carbons (Fsp3) is 0.700. The number of carbonyl (C=O) groups is 1. The molecule has 0 aromatic carbocycles. The maximum atomic E-state index is 10.6. The molecule has 0 radical (unpaired) electrons. The summed E-state index contributed by atoms with van der Waals surface area (Å²) in [6, 6.07) is 0. The molecule has 0 aliphatic carbocycles. The lowest BCUT2D eigenvalue weighted by Gasteiger charge is -2.03. The second-order valence-electron chi connectivity index (χ2n) is 3.02. The number of methoxy groups -OCH3 is 1. The molecule has 0 aromatic rings. The normalized spacial score (nSPS) is 13.2. The Balaban J connectivity index is 3.42. The van der Waals surface area contributed by atoms with Gasteiger partial charge >= 0.3 is 5.97 Å². The molecule has 70 valence electrons. The number of esters is 1. The largest absolute Gasteiger partial charge is 0.466 e. The Bertz CT molecular complexity index is 150. The SMILES string of the molecule is CCC(C)CCC=CC(=O)OC. The predicted molar refractivity (Wildman–Crippen MR) is 49.8 cm³/mol. The molecular formula is C10H18O2. The van der Waals surface area contributed by atoms with Crippen molar-refractivity contribution in [2.45, 2.75) is 33.1 Å². The summed E-state index contributed by atoms with van der Waals surface area (Å²) in [5.74, 6) is 0.478. The highest BCUT2D eigenvalue weighted by Gasteiger charge is 1.96. The van der Waals surface area contributed by atoms with Gasteiger partial charge in [0.1, 0.15) is 0 Å². The highest BCUT2D eigenvalue weighted by molar-refractivity contribution is 5.81. The number of ether oxygens (including phenoxy) is 1. The number of carbonyl (C=O) groups excluding carboxylic acids is 1. The highest BCUT2D eigenvalue weighted by atomic mass is 16.5. The minimum absolute atomic E-state index is 0.265. The van der Waals surface area contributed by atoms with Crippen LogP contribution >= 0.6 is 0 Å². The molecule has 1 atom stereocenters. The molecule has 1 unspecified atom stereocenters. The standard InChI is InChI=1S/C10H18O2/c1-4-9(2)7-5-6-8-10(11)12-3/h6,8-9H,4-5,7H2,1-3H3. The van der Waals surface area contributed by atoms with Crippen molar-refractivity contribution in [3.8, 4) is 0 Å². The molecule has 2 heteroatoms. The van der Waals surface area contributed by atoms with E-state index in [4.69, 9.17) is 0 Å². The summed E-state index contributed by atoms with van der Waals surface area (Å²) in [5.41, 5.74) is 0. The molecule has 0 heterocycles. The van der Waals surface area contributed by atoms with Crippen LogP contribution in [0.5, 0.6) is 0 Å². The Hall–Kier alpha value is -0.790. The summed E-state index contributed by atoms with van der Waals surface area (Å²) in [4.78, 5) is 10.6. The third-order valence-electron chi connectivity index (χ3n) is 1.98. The minimum Gasteiger partial charge on any atom is -0.466 e. The molecular weight excluding hydrogens is 152 g/mol. The van der Waals surface area contributed by atoms with Gasteiger partial charge in [-0.25, -0.2) is 4.79 Å². The lowest BCUT2D eigenvalue weighted by Crippen LogP contribution is -1.94. The fourth-order valence-electron chi connectivity index (χ4n) is 0.832. The van der Waals surface area contributed by atoms with E-state index in [1.54, 1.807) is 0 Å². The Morgan fingerprint density at radius 3 is 2.75 bits per heavy atom. The molecule has 0 aliphatic heterocycles. The van der Waals surface area contributed by atoms with Gasteiger partial charge in [-0.1, -0.05) is 26.3 Å². The van der Waals surface area contributed by atoms with E-state index in [2.05, 4.69) is 18.6 Å². The molecule has 12 heavy (non-hydrogen) atoms. The van der Waals surface area contributed by atoms with Crippen LogP contribution in [0, 0.1) is 5.92 Å². The summed E-state index contributed by atoms with van der Waals surface area (Å²) in [6.07, 6.45) is 6.67. The Morgan fingerprint density at radius 2 is 2.25 bits per heavy atom. The van der Waals surface area contributed by atoms with Gasteiger partial charge in [0.25, 0.3) is 0 Å². The van der Waals surface area contributed by atoms with E-state index in [0.717, 1.165) is 18.8 Å². The van der Waals surface area contributed by atoms with Crippen molar-refractivity contribution in [3.05, 3.63) is 12.2 Å². The van der Waals surface area contributed by atoms with E-state index in [0.29, 0.717) is 0 Å². The zero-order valence-corrected chi connectivity index (χ0v) is 8.17. The summed E-state index contributed by atoms with van der Waals surface area (Å²) in [6.45, 7) is 4.39. The molecule has 0 saturated carbocycles. The van der Waals surface area contributed by atoms with Crippen LogP contribution in [-0.2, 0) is 9.53 Å². The average Bonchev–Trinajstić information content (AvgIpc) is 2.11. The molecule has 0 aromatic heterocycles. The second-order valence-corrected chi connectivity index (χ2v) is 3.02. The number of hydrogen-bond acceptors (Lipinski definition) is 2. The van der Waals surface area contributed by atoms with Crippen molar-refractivity contribution < 1.29 is 9.53 Å². The van der Waals surface area contributed by atoms with Gasteiger partial charge < -0.3 is 4.74 Å². The molecule has 0 rings (SSSR count). The summed E-state index contributed by atoms with van der Waals surface area (Å²) >= 11 is 0. The van der Waals surface area contributed by atoms with Gasteiger partial charge in [0.2, 0.25) is 0 Å². The predicted octanol–water partition coefficient (Wildman–Crippen LogP) is 2.54. The van der Waals surface area contributed by atoms with Crippen LogP contribution in [0.3, 0.4) is 0 Å². The van der Waals surface area contributed by atoms with Crippen molar-refractivity contribution in [2.24, 2.45) is 5.92 Å². The van der Waals surface area contributed by atoms with Crippen molar-refractivity contribution in [1.82, 2.24) is 0 Å². The van der Waals surface area contributed by atoms with Crippen LogP contribution in [0.4, 0.5) is 0 Å². The van der Waals surface area contributed by atoms with Gasteiger partial charge in [0.05, 0.1) is 7.11 Å². The van der Waals surface area contributed by atoms with Crippen LogP contribution in [0.1, 0.15) is 33.1 Å². The third-order valence-corrected chi connectivity index (χ3v) is 1.98. The molecule has 0 bridgehead atoms. The van der Waals surface area contributed by atoms with Crippen LogP contribution < -0.4 is 0 Å². The van der Waals surface area contributed by atoms with Crippen molar-refractivity contribution in [2.75, 3.05) is 7.11 Å². The number of hydrogen-bond donors (Lipinski definition) is 0. The lowest BCUT2D eigenvalue weighted by molar-refractivity contribution is -0.134. The van der Waals surface area contributed by atoms with Crippen LogP contribution in [0.2, 0.25) is 0 Å². The first-order chi connectivity index (χ1) is 5.70. The van der Waals surface area contributed by atoms with E-state index < -0.39 is 0 Å². The molecule has 0 spiro atoms. The third kappa shape index (κ3) is 5.96. The minimum atomic E-state index is -0.265. The van der Waals surface area contributed by atoms with Crippen LogP contribution in [0.25, 0.3) is 0 Å². The Kier molecular flexibility index (Phi) is 6.44. The van der Waals surface area contributed by atoms with Crippen LogP contribution in [-0.4, -0.2) is 13.1 Å². The zero-order chi connectivity index (χ0) is 9.40. The molecule has 0 fully saturated rings. The van der Waals surface area contributed by atoms with Crippen molar-refractivity contribution in [3.63, 3.8) is 0 Å². The molecule has 0 aliphatic rings. The van der Waals surface area contributed by atoms with Gasteiger partial charge in [-0.3, -0.25) is 0 Å². The fourth-order valence-corrected chi connectivity index (χ4v) is 0.832. The van der Waals surface area contributed by atoms with Gasteiger partial charge in [-0.15, -0.1) is 0 Å². The lowest BCUT2D eigenvalue weighted by atomic mass is 10.0. The first-order valence-electron chi connectivity index (χ1n) is 4.45. The van der Waals surface area contributed by atoms with Gasteiger partial charge in [-0.2, -0.15) is 0 Å². The summed E-state index contributed by atoms with van der Waals surface area (Å²) in [7, 11) is 1.39. The highest BCUT2D eigenvalue weighted by Crippen LogP contribution is 2.09. The summed E-state index contributed by atoms with van der Waals surface area (Å²) in [5, 5.41) is 0. The van der Waals surface area contributed by atoms with E-state index in [1.807, 2.05) is 6.08 Å². The van der Waals surface area contributed by atoms with Crippen molar-refractivity contribution in [1.29, 1.82) is 0 Å². The molecule has 0 N–H and O–H groups in total. The first-order valence-corrected chi connectivity index (χ1v) is 4.45.